The zero-order chi connectivity index (χ0) is 12.3. The van der Waals surface area contributed by atoms with Crippen LogP contribution in [0.4, 0.5) is 0 Å². The van der Waals surface area contributed by atoms with Gasteiger partial charge in [0.1, 0.15) is 5.60 Å². The lowest BCUT2D eigenvalue weighted by molar-refractivity contribution is -0.169. The topological polar surface area (TPSA) is 66.6 Å². The van der Waals surface area contributed by atoms with Crippen LogP contribution in [0.5, 0.6) is 0 Å². The van der Waals surface area contributed by atoms with E-state index in [1.165, 1.54) is 0 Å². The van der Waals surface area contributed by atoms with Crippen molar-refractivity contribution >= 4 is 5.91 Å². The summed E-state index contributed by atoms with van der Waals surface area (Å²) in [5, 5.41) is 10.2. The molecule has 3 N–H and O–H groups in total. The van der Waals surface area contributed by atoms with E-state index in [-0.39, 0.29) is 17.4 Å². The monoisotopic (exact) mass is 238 g/mol. The van der Waals surface area contributed by atoms with Crippen molar-refractivity contribution in [1.29, 1.82) is 0 Å². The van der Waals surface area contributed by atoms with Crippen LogP contribution in [0.3, 0.4) is 0 Å². The predicted molar refractivity (Wildman–Crippen MR) is 64.2 cm³/mol. The number of aliphatic hydroxyl groups is 1. The highest BCUT2D eigenvalue weighted by molar-refractivity contribution is 5.84. The van der Waals surface area contributed by atoms with Crippen LogP contribution in [0.1, 0.15) is 39.0 Å². The first-order chi connectivity index (χ1) is 7.96. The van der Waals surface area contributed by atoms with E-state index in [0.29, 0.717) is 19.0 Å². The van der Waals surface area contributed by atoms with E-state index in [1.807, 2.05) is 11.8 Å². The number of β-amino-alcohol motifs (C(OH)–C–C–N with tert-alkyl or cyclic N) is 1. The lowest BCUT2D eigenvalue weighted by Gasteiger charge is -2.50. The summed E-state index contributed by atoms with van der Waals surface area (Å²) < 4.78 is 0. The Hall–Kier alpha value is -0.610. The minimum Gasteiger partial charge on any atom is -0.386 e. The third-order valence-electron chi connectivity index (χ3n) is 5.07. The van der Waals surface area contributed by atoms with Gasteiger partial charge in [-0.25, -0.2) is 0 Å². The van der Waals surface area contributed by atoms with Gasteiger partial charge in [-0.05, 0) is 38.5 Å². The summed E-state index contributed by atoms with van der Waals surface area (Å²) in [5.41, 5.74) is 5.10. The van der Waals surface area contributed by atoms with E-state index in [1.54, 1.807) is 0 Å². The molecule has 1 amide bonds. The normalized spacial score (nSPS) is 40.2. The van der Waals surface area contributed by atoms with E-state index < -0.39 is 5.60 Å². The van der Waals surface area contributed by atoms with Gasteiger partial charge in [-0.2, -0.15) is 0 Å². The number of amides is 1. The molecule has 1 saturated heterocycles. The van der Waals surface area contributed by atoms with Gasteiger partial charge in [0.05, 0.1) is 18.5 Å². The van der Waals surface area contributed by atoms with Crippen molar-refractivity contribution in [2.75, 3.05) is 13.1 Å². The van der Waals surface area contributed by atoms with Gasteiger partial charge in [-0.1, -0.05) is 6.42 Å². The fraction of sp³-hybridized carbons (Fsp3) is 0.923. The molecule has 2 saturated carbocycles. The van der Waals surface area contributed by atoms with Gasteiger partial charge >= 0.3 is 0 Å². The average Bonchev–Trinajstić information content (AvgIpc) is 3.03. The van der Waals surface area contributed by atoms with E-state index >= 15 is 0 Å². The standard InChI is InChI=1S/C13H22N2O2/c1-12(6-2-3-10(12)14)11(16)15-7-13(17,8-15)9-4-5-9/h9-10,17H,2-8,14H2,1H3. The van der Waals surface area contributed by atoms with Crippen LogP contribution in [-0.4, -0.2) is 40.6 Å². The fourth-order valence-electron chi connectivity index (χ4n) is 3.46. The van der Waals surface area contributed by atoms with Crippen LogP contribution in [0.15, 0.2) is 0 Å². The molecule has 96 valence electrons. The van der Waals surface area contributed by atoms with Crippen molar-refractivity contribution in [3.8, 4) is 0 Å². The number of nitrogens with zero attached hydrogens (tertiary/aromatic N) is 1. The molecular weight excluding hydrogens is 216 g/mol. The third-order valence-corrected chi connectivity index (χ3v) is 5.07. The Morgan fingerprint density at radius 2 is 2.00 bits per heavy atom. The quantitative estimate of drug-likeness (QED) is 0.735. The molecule has 1 heterocycles. The summed E-state index contributed by atoms with van der Waals surface area (Å²) in [6, 6.07) is -0.00961. The van der Waals surface area contributed by atoms with Crippen LogP contribution in [-0.2, 0) is 4.79 Å². The van der Waals surface area contributed by atoms with E-state index in [2.05, 4.69) is 0 Å². The Kier molecular flexibility index (Phi) is 2.33. The molecule has 0 spiro atoms. The van der Waals surface area contributed by atoms with Crippen LogP contribution in [0.25, 0.3) is 0 Å². The molecule has 4 heteroatoms. The Balaban J connectivity index is 1.65. The minimum absolute atomic E-state index is 0.00961. The molecule has 0 aromatic carbocycles. The second-order valence-electron chi connectivity index (χ2n) is 6.46. The maximum atomic E-state index is 12.4. The number of rotatable bonds is 2. The summed E-state index contributed by atoms with van der Waals surface area (Å²) in [5.74, 6) is 0.601. The lowest BCUT2D eigenvalue weighted by atomic mass is 9.80. The molecule has 3 fully saturated rings. The Morgan fingerprint density at radius 1 is 1.35 bits per heavy atom. The second kappa shape index (κ2) is 3.45. The van der Waals surface area contributed by atoms with Crippen molar-refractivity contribution in [2.45, 2.75) is 50.7 Å². The van der Waals surface area contributed by atoms with E-state index in [0.717, 1.165) is 32.1 Å². The van der Waals surface area contributed by atoms with Gasteiger partial charge in [0.2, 0.25) is 5.91 Å². The number of carbonyl (C=O) groups is 1. The molecule has 0 aromatic heterocycles. The predicted octanol–water partition coefficient (Wildman–Crippen LogP) is 0.487. The summed E-state index contributed by atoms with van der Waals surface area (Å²) >= 11 is 0. The van der Waals surface area contributed by atoms with Crippen molar-refractivity contribution < 1.29 is 9.90 Å². The highest BCUT2D eigenvalue weighted by Gasteiger charge is 2.56. The number of likely N-dealkylation sites (tertiary alicyclic amines) is 1. The smallest absolute Gasteiger partial charge is 0.230 e. The molecule has 0 aromatic rings. The number of hydrogen-bond donors (Lipinski definition) is 2. The number of nitrogens with two attached hydrogens (primary N) is 1. The fourth-order valence-corrected chi connectivity index (χ4v) is 3.46. The average molecular weight is 238 g/mol. The molecule has 2 atom stereocenters. The Labute approximate surface area is 102 Å². The highest BCUT2D eigenvalue weighted by atomic mass is 16.3. The molecule has 4 nitrogen and oxygen atoms in total. The van der Waals surface area contributed by atoms with Crippen LogP contribution in [0.2, 0.25) is 0 Å². The Morgan fingerprint density at radius 3 is 2.47 bits per heavy atom. The lowest BCUT2D eigenvalue weighted by Crippen LogP contribution is -2.67. The number of carbonyl (C=O) groups excluding carboxylic acids is 1. The number of hydrogen-bond acceptors (Lipinski definition) is 3. The van der Waals surface area contributed by atoms with Crippen molar-refractivity contribution in [3.05, 3.63) is 0 Å². The molecule has 2 aliphatic carbocycles. The van der Waals surface area contributed by atoms with Crippen molar-refractivity contribution in [3.63, 3.8) is 0 Å². The molecule has 2 unspecified atom stereocenters. The maximum Gasteiger partial charge on any atom is 0.230 e. The second-order valence-corrected chi connectivity index (χ2v) is 6.46. The summed E-state index contributed by atoms with van der Waals surface area (Å²) in [4.78, 5) is 14.2. The first-order valence-corrected chi connectivity index (χ1v) is 6.73. The molecule has 1 aliphatic heterocycles. The largest absolute Gasteiger partial charge is 0.386 e. The van der Waals surface area contributed by atoms with Crippen LogP contribution < -0.4 is 5.73 Å². The van der Waals surface area contributed by atoms with Crippen molar-refractivity contribution in [1.82, 2.24) is 4.90 Å². The summed E-state index contributed by atoms with van der Waals surface area (Å²) in [6.07, 6.45) is 5.13. The van der Waals surface area contributed by atoms with Gasteiger partial charge in [0.15, 0.2) is 0 Å². The SMILES string of the molecule is CC1(C(=O)N2CC(O)(C3CC3)C2)CCCC1N. The van der Waals surface area contributed by atoms with Gasteiger partial charge in [-0.3, -0.25) is 4.79 Å². The Bertz CT molecular complexity index is 347. The summed E-state index contributed by atoms with van der Waals surface area (Å²) in [7, 11) is 0. The van der Waals surface area contributed by atoms with Crippen LogP contribution in [0, 0.1) is 11.3 Å². The maximum absolute atomic E-state index is 12.4. The van der Waals surface area contributed by atoms with E-state index in [9.17, 15) is 9.90 Å². The zero-order valence-corrected chi connectivity index (χ0v) is 10.5. The minimum atomic E-state index is -0.575. The third kappa shape index (κ3) is 1.61. The van der Waals surface area contributed by atoms with Gasteiger partial charge in [0.25, 0.3) is 0 Å². The van der Waals surface area contributed by atoms with Gasteiger partial charge < -0.3 is 15.7 Å². The van der Waals surface area contributed by atoms with Gasteiger partial charge in [-0.15, -0.1) is 0 Å². The molecule has 0 bridgehead atoms. The first kappa shape index (κ1) is 11.5. The van der Waals surface area contributed by atoms with Crippen LogP contribution >= 0.6 is 0 Å². The summed E-state index contributed by atoms with van der Waals surface area (Å²) in [6.45, 7) is 3.04. The molecule has 17 heavy (non-hydrogen) atoms. The zero-order valence-electron chi connectivity index (χ0n) is 10.5. The molecule has 0 radical (unpaired) electrons. The molecule has 3 aliphatic rings. The van der Waals surface area contributed by atoms with Gasteiger partial charge in [0, 0.05) is 6.04 Å². The van der Waals surface area contributed by atoms with Crippen molar-refractivity contribution in [2.24, 2.45) is 17.1 Å². The van der Waals surface area contributed by atoms with E-state index in [4.69, 9.17) is 5.73 Å². The highest BCUT2D eigenvalue weighted by Crippen LogP contribution is 2.47. The molecule has 3 rings (SSSR count). The molecular formula is C13H22N2O2. The first-order valence-electron chi connectivity index (χ1n) is 6.73.